The molecule has 13 heteroatoms. The van der Waals surface area contributed by atoms with Crippen LogP contribution in [0.4, 0.5) is 29.1 Å². The van der Waals surface area contributed by atoms with Gasteiger partial charge < -0.3 is 25.0 Å². The third kappa shape index (κ3) is 4.58. The van der Waals surface area contributed by atoms with Crippen LogP contribution >= 0.6 is 0 Å². The van der Waals surface area contributed by atoms with Crippen molar-refractivity contribution < 1.29 is 37.2 Å². The molecule has 3 heterocycles. The van der Waals surface area contributed by atoms with E-state index in [9.17, 15) is 27.8 Å². The van der Waals surface area contributed by atoms with Gasteiger partial charge in [-0.25, -0.2) is 19.3 Å². The van der Waals surface area contributed by atoms with E-state index in [4.69, 9.17) is 4.74 Å². The first-order valence-electron chi connectivity index (χ1n) is 9.09. The molecule has 3 aromatic rings. The number of aliphatic hydroxyl groups is 2. The van der Waals surface area contributed by atoms with Gasteiger partial charge in [0, 0.05) is 5.69 Å². The number of aliphatic hydroxyl groups excluding tert-OH is 2. The Labute approximate surface area is 172 Å². The molecule has 0 aliphatic carbocycles. The highest BCUT2D eigenvalue weighted by Gasteiger charge is 2.45. The molecule has 0 amide bonds. The largest absolute Gasteiger partial charge is 0.411 e. The molecule has 0 saturated carbocycles. The highest BCUT2D eigenvalue weighted by Crippen LogP contribution is 2.33. The van der Waals surface area contributed by atoms with Crippen molar-refractivity contribution in [1.82, 2.24) is 19.5 Å². The summed E-state index contributed by atoms with van der Waals surface area (Å²) in [6.07, 6.45) is -7.27. The van der Waals surface area contributed by atoms with Gasteiger partial charge in [0.1, 0.15) is 37.1 Å². The number of alkyl halides is 3. The van der Waals surface area contributed by atoms with Crippen molar-refractivity contribution in [2.24, 2.45) is 0 Å². The molecule has 1 aliphatic rings. The fourth-order valence-electron chi connectivity index (χ4n) is 3.19. The Morgan fingerprint density at radius 2 is 1.84 bits per heavy atom. The Hall–Kier alpha value is -2.87. The zero-order valence-corrected chi connectivity index (χ0v) is 15.7. The molecule has 1 saturated heterocycles. The SMILES string of the molecule is OC1C(O)[C@@H](COCC(F)(F)F)O[C@H]1n1cnc2c(Nc3ccc(F)cc3)ncnc21. The van der Waals surface area contributed by atoms with E-state index >= 15 is 0 Å². The van der Waals surface area contributed by atoms with Gasteiger partial charge in [0.2, 0.25) is 0 Å². The minimum atomic E-state index is -4.52. The molecule has 2 aromatic heterocycles. The van der Waals surface area contributed by atoms with Crippen LogP contribution in [0.15, 0.2) is 36.9 Å². The molecule has 9 nitrogen and oxygen atoms in total. The van der Waals surface area contributed by atoms with Gasteiger partial charge in [-0.15, -0.1) is 0 Å². The van der Waals surface area contributed by atoms with E-state index in [0.717, 1.165) is 0 Å². The van der Waals surface area contributed by atoms with Gasteiger partial charge in [0.15, 0.2) is 23.2 Å². The summed E-state index contributed by atoms with van der Waals surface area (Å²) in [4.78, 5) is 12.4. The molecule has 1 fully saturated rings. The molecule has 4 atom stereocenters. The van der Waals surface area contributed by atoms with Gasteiger partial charge in [0.05, 0.1) is 12.9 Å². The number of halogens is 4. The van der Waals surface area contributed by atoms with Crippen LogP contribution in [-0.4, -0.2) is 67.4 Å². The Morgan fingerprint density at radius 1 is 1.10 bits per heavy atom. The second-order valence-corrected chi connectivity index (χ2v) is 6.85. The molecular weight excluding hydrogens is 426 g/mol. The summed E-state index contributed by atoms with van der Waals surface area (Å²) in [5.41, 5.74) is 1.09. The minimum Gasteiger partial charge on any atom is -0.387 e. The van der Waals surface area contributed by atoms with Crippen LogP contribution in [-0.2, 0) is 9.47 Å². The van der Waals surface area contributed by atoms with E-state index < -0.39 is 49.7 Å². The van der Waals surface area contributed by atoms with Crippen molar-refractivity contribution in [2.75, 3.05) is 18.5 Å². The number of aromatic nitrogens is 4. The van der Waals surface area contributed by atoms with Crippen LogP contribution < -0.4 is 5.32 Å². The van der Waals surface area contributed by atoms with Crippen LogP contribution in [0.25, 0.3) is 11.2 Å². The average Bonchev–Trinajstić information content (AvgIpc) is 3.26. The Kier molecular flexibility index (Phi) is 5.75. The Morgan fingerprint density at radius 3 is 2.55 bits per heavy atom. The standard InChI is InChI=1S/C18H17F4N5O4/c19-9-1-3-10(4-2-9)26-15-12-16(24-7-23-15)27(8-25-12)17-14(29)13(28)11(31-17)5-30-6-18(20,21)22/h1-4,7-8,11,13-14,17,28-29H,5-6H2,(H,23,24,26)/t11-,13?,14?,17-/m1/s1. The zero-order valence-electron chi connectivity index (χ0n) is 15.7. The monoisotopic (exact) mass is 443 g/mol. The number of benzene rings is 1. The second kappa shape index (κ2) is 8.34. The lowest BCUT2D eigenvalue weighted by Gasteiger charge is -2.16. The minimum absolute atomic E-state index is 0.243. The predicted octanol–water partition coefficient (Wildman–Crippen LogP) is 1.91. The van der Waals surface area contributed by atoms with E-state index in [1.54, 1.807) is 0 Å². The van der Waals surface area contributed by atoms with E-state index in [0.29, 0.717) is 17.0 Å². The second-order valence-electron chi connectivity index (χ2n) is 6.85. The predicted molar refractivity (Wildman–Crippen MR) is 97.8 cm³/mol. The van der Waals surface area contributed by atoms with Gasteiger partial charge in [-0.2, -0.15) is 13.2 Å². The average molecular weight is 443 g/mol. The molecule has 4 rings (SSSR count). The number of hydrogen-bond acceptors (Lipinski definition) is 8. The number of fused-ring (bicyclic) bond motifs is 1. The van der Waals surface area contributed by atoms with Crippen LogP contribution in [0.2, 0.25) is 0 Å². The number of ether oxygens (including phenoxy) is 2. The molecule has 3 N–H and O–H groups in total. The fourth-order valence-corrected chi connectivity index (χ4v) is 3.19. The molecule has 166 valence electrons. The first-order chi connectivity index (χ1) is 14.7. The lowest BCUT2D eigenvalue weighted by molar-refractivity contribution is -0.184. The highest BCUT2D eigenvalue weighted by molar-refractivity contribution is 5.85. The zero-order chi connectivity index (χ0) is 22.2. The number of nitrogens with zero attached hydrogens (tertiary/aromatic N) is 4. The quantitative estimate of drug-likeness (QED) is 0.495. The molecule has 31 heavy (non-hydrogen) atoms. The van der Waals surface area contributed by atoms with Gasteiger partial charge in [-0.3, -0.25) is 4.57 Å². The summed E-state index contributed by atoms with van der Waals surface area (Å²) in [7, 11) is 0. The third-order valence-corrected chi connectivity index (χ3v) is 4.62. The summed E-state index contributed by atoms with van der Waals surface area (Å²) in [6, 6.07) is 5.55. The van der Waals surface area contributed by atoms with Crippen LogP contribution in [0.3, 0.4) is 0 Å². The van der Waals surface area contributed by atoms with Gasteiger partial charge in [0.25, 0.3) is 0 Å². The smallest absolute Gasteiger partial charge is 0.387 e. The Bertz CT molecular complexity index is 1050. The first-order valence-corrected chi connectivity index (χ1v) is 9.09. The number of rotatable bonds is 6. The van der Waals surface area contributed by atoms with Crippen molar-refractivity contribution in [3.8, 4) is 0 Å². The molecule has 1 aliphatic heterocycles. The van der Waals surface area contributed by atoms with Crippen molar-refractivity contribution in [1.29, 1.82) is 0 Å². The summed E-state index contributed by atoms with van der Waals surface area (Å²) in [5, 5.41) is 23.5. The maximum absolute atomic E-state index is 13.1. The topological polar surface area (TPSA) is 115 Å². The lowest BCUT2D eigenvalue weighted by Crippen LogP contribution is -2.34. The molecular formula is C18H17F4N5O4. The van der Waals surface area contributed by atoms with Gasteiger partial charge >= 0.3 is 6.18 Å². The van der Waals surface area contributed by atoms with Crippen molar-refractivity contribution >= 4 is 22.7 Å². The molecule has 0 spiro atoms. The van der Waals surface area contributed by atoms with Crippen LogP contribution in [0.5, 0.6) is 0 Å². The Balaban J connectivity index is 1.53. The summed E-state index contributed by atoms with van der Waals surface area (Å²) < 4.78 is 61.3. The van der Waals surface area contributed by atoms with E-state index in [1.165, 1.54) is 41.5 Å². The van der Waals surface area contributed by atoms with Crippen molar-refractivity contribution in [3.05, 3.63) is 42.7 Å². The summed E-state index contributed by atoms with van der Waals surface area (Å²) >= 11 is 0. The third-order valence-electron chi connectivity index (χ3n) is 4.62. The molecule has 0 bridgehead atoms. The fraction of sp³-hybridized carbons (Fsp3) is 0.389. The van der Waals surface area contributed by atoms with E-state index in [-0.39, 0.29) is 5.65 Å². The van der Waals surface area contributed by atoms with E-state index in [2.05, 4.69) is 25.0 Å². The van der Waals surface area contributed by atoms with Crippen molar-refractivity contribution in [3.63, 3.8) is 0 Å². The number of imidazole rings is 1. The van der Waals surface area contributed by atoms with Crippen LogP contribution in [0, 0.1) is 5.82 Å². The number of nitrogens with one attached hydrogen (secondary N) is 1. The maximum atomic E-state index is 13.1. The summed E-state index contributed by atoms with van der Waals surface area (Å²) in [6.45, 7) is -2.06. The number of anilines is 2. The van der Waals surface area contributed by atoms with Crippen LogP contribution in [0.1, 0.15) is 6.23 Å². The first kappa shape index (κ1) is 21.4. The van der Waals surface area contributed by atoms with Gasteiger partial charge in [-0.05, 0) is 24.3 Å². The normalized spacial score (nSPS) is 24.1. The molecule has 1 aromatic carbocycles. The number of hydrogen-bond donors (Lipinski definition) is 3. The van der Waals surface area contributed by atoms with Crippen molar-refractivity contribution in [2.45, 2.75) is 30.7 Å². The highest BCUT2D eigenvalue weighted by atomic mass is 19.4. The lowest BCUT2D eigenvalue weighted by atomic mass is 10.1. The maximum Gasteiger partial charge on any atom is 0.411 e. The summed E-state index contributed by atoms with van der Waals surface area (Å²) in [5.74, 6) is -0.101. The molecule has 2 unspecified atom stereocenters. The van der Waals surface area contributed by atoms with Gasteiger partial charge in [-0.1, -0.05) is 0 Å². The van der Waals surface area contributed by atoms with E-state index in [1.807, 2.05) is 0 Å². The molecule has 0 radical (unpaired) electrons.